The SMILES string of the molecule is COc1ccc(C2Nc3nnc(C(F)(F)F)n3C(C)(O)C2C(=O)Nc2ccc(F)cc2)cc1.Cl. The number of aromatic nitrogens is 3. The van der Waals surface area contributed by atoms with Crippen LogP contribution >= 0.6 is 12.4 Å². The predicted molar refractivity (Wildman–Crippen MR) is 116 cm³/mol. The second-order valence-corrected chi connectivity index (χ2v) is 7.64. The maximum absolute atomic E-state index is 13.6. The molecule has 0 radical (unpaired) electrons. The molecule has 1 amide bonds. The van der Waals surface area contributed by atoms with Crippen LogP contribution in [0.5, 0.6) is 5.75 Å². The van der Waals surface area contributed by atoms with Crippen LogP contribution in [0, 0.1) is 11.7 Å². The lowest BCUT2D eigenvalue weighted by atomic mass is 9.82. The number of ether oxygens (including phenoxy) is 1. The number of halogens is 5. The standard InChI is InChI=1S/C21H19F4N5O3.ClH/c1-20(32)15(17(31)26-13-7-5-12(22)6-8-13)16(11-3-9-14(33-2)10-4-11)27-19-29-28-18(30(19)20)21(23,24)25;/h3-10,15-16,32H,1-2H3,(H,26,31)(H,27,29);1H. The van der Waals surface area contributed by atoms with Gasteiger partial charge in [0.2, 0.25) is 17.7 Å². The molecule has 3 unspecified atom stereocenters. The molecule has 0 saturated carbocycles. The summed E-state index contributed by atoms with van der Waals surface area (Å²) in [5.74, 6) is -4.08. The Morgan fingerprint density at radius 3 is 2.32 bits per heavy atom. The molecule has 2 aromatic carbocycles. The molecule has 0 bridgehead atoms. The summed E-state index contributed by atoms with van der Waals surface area (Å²) in [7, 11) is 1.47. The molecular weight excluding hydrogens is 482 g/mol. The topological polar surface area (TPSA) is 101 Å². The Morgan fingerprint density at radius 2 is 1.76 bits per heavy atom. The zero-order chi connectivity index (χ0) is 24.0. The van der Waals surface area contributed by atoms with Crippen molar-refractivity contribution in [3.8, 4) is 5.75 Å². The molecule has 13 heteroatoms. The number of alkyl halides is 3. The molecule has 3 atom stereocenters. The van der Waals surface area contributed by atoms with E-state index in [1.165, 1.54) is 19.2 Å². The molecule has 8 nitrogen and oxygen atoms in total. The average molecular weight is 502 g/mol. The smallest absolute Gasteiger partial charge is 0.451 e. The van der Waals surface area contributed by atoms with E-state index in [1.807, 2.05) is 0 Å². The Hall–Kier alpha value is -3.38. The first-order chi connectivity index (χ1) is 15.5. The maximum atomic E-state index is 13.6. The highest BCUT2D eigenvalue weighted by atomic mass is 35.5. The van der Waals surface area contributed by atoms with Crippen molar-refractivity contribution in [1.82, 2.24) is 14.8 Å². The van der Waals surface area contributed by atoms with Crippen molar-refractivity contribution in [2.45, 2.75) is 24.9 Å². The highest BCUT2D eigenvalue weighted by Gasteiger charge is 2.54. The zero-order valence-electron chi connectivity index (χ0n) is 17.8. The first-order valence-electron chi connectivity index (χ1n) is 9.74. The first kappa shape index (κ1) is 25.2. The monoisotopic (exact) mass is 501 g/mol. The van der Waals surface area contributed by atoms with Crippen molar-refractivity contribution in [2.24, 2.45) is 5.92 Å². The third-order valence-corrected chi connectivity index (χ3v) is 5.45. The van der Waals surface area contributed by atoms with Crippen molar-refractivity contribution in [3.63, 3.8) is 0 Å². The minimum absolute atomic E-state index is 0. The molecule has 3 aromatic rings. The second kappa shape index (κ2) is 9.11. The summed E-state index contributed by atoms with van der Waals surface area (Å²) in [6, 6.07) is 10.3. The van der Waals surface area contributed by atoms with Crippen LogP contribution in [-0.2, 0) is 16.7 Å². The third kappa shape index (κ3) is 4.50. The number of carbonyl (C=O) groups is 1. The lowest BCUT2D eigenvalue weighted by molar-refractivity contribution is -0.168. The quantitative estimate of drug-likeness (QED) is 0.468. The van der Waals surface area contributed by atoms with Gasteiger partial charge in [-0.2, -0.15) is 13.2 Å². The summed E-state index contributed by atoms with van der Waals surface area (Å²) in [6.45, 7) is 1.08. The molecule has 1 aromatic heterocycles. The van der Waals surface area contributed by atoms with E-state index in [4.69, 9.17) is 4.74 Å². The Morgan fingerprint density at radius 1 is 1.15 bits per heavy atom. The fraction of sp³-hybridized carbons (Fsp3) is 0.286. The van der Waals surface area contributed by atoms with Crippen LogP contribution in [0.4, 0.5) is 29.2 Å². The molecule has 0 fully saturated rings. The van der Waals surface area contributed by atoms with Gasteiger partial charge in [0.15, 0.2) is 5.72 Å². The van der Waals surface area contributed by atoms with Crippen LogP contribution in [0.25, 0.3) is 0 Å². The zero-order valence-corrected chi connectivity index (χ0v) is 18.6. The Labute approximate surface area is 197 Å². The molecule has 0 saturated heterocycles. The summed E-state index contributed by atoms with van der Waals surface area (Å²) in [5.41, 5.74) is -1.70. The van der Waals surface area contributed by atoms with Gasteiger partial charge in [-0.15, -0.1) is 22.6 Å². The number of hydrogen-bond acceptors (Lipinski definition) is 6. The number of nitrogens with zero attached hydrogens (tertiary/aromatic N) is 3. The minimum Gasteiger partial charge on any atom is -0.497 e. The molecule has 0 spiro atoms. The lowest BCUT2D eigenvalue weighted by Crippen LogP contribution is -2.54. The largest absolute Gasteiger partial charge is 0.497 e. The van der Waals surface area contributed by atoms with Crippen molar-refractivity contribution in [2.75, 3.05) is 17.7 Å². The first-order valence-corrected chi connectivity index (χ1v) is 9.74. The maximum Gasteiger partial charge on any atom is 0.451 e. The Bertz CT molecular complexity index is 1170. The number of benzene rings is 2. The number of methoxy groups -OCH3 is 1. The number of anilines is 2. The van der Waals surface area contributed by atoms with E-state index >= 15 is 0 Å². The van der Waals surface area contributed by atoms with E-state index in [-0.39, 0.29) is 24.0 Å². The van der Waals surface area contributed by atoms with E-state index in [9.17, 15) is 27.5 Å². The summed E-state index contributed by atoms with van der Waals surface area (Å²) >= 11 is 0. The van der Waals surface area contributed by atoms with Gasteiger partial charge >= 0.3 is 6.18 Å². The molecule has 4 rings (SSSR count). The van der Waals surface area contributed by atoms with E-state index in [2.05, 4.69) is 20.8 Å². The van der Waals surface area contributed by atoms with Crippen LogP contribution in [-0.4, -0.2) is 32.9 Å². The lowest BCUT2D eigenvalue weighted by Gasteiger charge is -2.43. The van der Waals surface area contributed by atoms with E-state index in [1.54, 1.807) is 24.3 Å². The fourth-order valence-electron chi connectivity index (χ4n) is 3.91. The number of aliphatic hydroxyl groups is 1. The Kier molecular flexibility index (Phi) is 6.76. The Balaban J connectivity index is 0.00000324. The van der Waals surface area contributed by atoms with Crippen molar-refractivity contribution in [3.05, 3.63) is 65.7 Å². The summed E-state index contributed by atoms with van der Waals surface area (Å²) in [5, 5.41) is 23.4. The molecule has 34 heavy (non-hydrogen) atoms. The molecule has 182 valence electrons. The molecular formula is C21H20ClF4N5O3. The third-order valence-electron chi connectivity index (χ3n) is 5.45. The summed E-state index contributed by atoms with van der Waals surface area (Å²) in [4.78, 5) is 13.3. The van der Waals surface area contributed by atoms with Gasteiger partial charge in [-0.05, 0) is 48.9 Å². The highest BCUT2D eigenvalue weighted by Crippen LogP contribution is 2.45. The van der Waals surface area contributed by atoms with Gasteiger partial charge < -0.3 is 20.5 Å². The molecule has 0 aliphatic carbocycles. The number of fused-ring (bicyclic) bond motifs is 1. The van der Waals surface area contributed by atoms with Crippen LogP contribution in [0.15, 0.2) is 48.5 Å². The molecule has 2 heterocycles. The van der Waals surface area contributed by atoms with Crippen LogP contribution in [0.2, 0.25) is 0 Å². The molecule has 1 aliphatic rings. The predicted octanol–water partition coefficient (Wildman–Crippen LogP) is 3.95. The van der Waals surface area contributed by atoms with E-state index < -0.39 is 41.4 Å². The van der Waals surface area contributed by atoms with Crippen molar-refractivity contribution in [1.29, 1.82) is 0 Å². The highest BCUT2D eigenvalue weighted by molar-refractivity contribution is 5.94. The van der Waals surface area contributed by atoms with Gasteiger partial charge in [-0.25, -0.2) is 4.39 Å². The van der Waals surface area contributed by atoms with Gasteiger partial charge in [-0.3, -0.25) is 9.36 Å². The van der Waals surface area contributed by atoms with Crippen molar-refractivity contribution >= 4 is 29.9 Å². The van der Waals surface area contributed by atoms with Gasteiger partial charge in [0.1, 0.15) is 17.5 Å². The second-order valence-electron chi connectivity index (χ2n) is 7.64. The van der Waals surface area contributed by atoms with Gasteiger partial charge in [0.25, 0.3) is 0 Å². The normalized spacial score (nSPS) is 21.6. The number of amides is 1. The van der Waals surface area contributed by atoms with Gasteiger partial charge in [-0.1, -0.05) is 12.1 Å². The average Bonchev–Trinajstić information content (AvgIpc) is 3.21. The van der Waals surface area contributed by atoms with E-state index in [0.717, 1.165) is 19.1 Å². The number of carbonyl (C=O) groups excluding carboxylic acids is 1. The minimum atomic E-state index is -4.93. The van der Waals surface area contributed by atoms with Gasteiger partial charge in [0.05, 0.1) is 13.2 Å². The fourth-order valence-corrected chi connectivity index (χ4v) is 3.91. The number of rotatable bonds is 4. The van der Waals surface area contributed by atoms with E-state index in [0.29, 0.717) is 15.9 Å². The molecule has 3 N–H and O–H groups in total. The van der Waals surface area contributed by atoms with Crippen LogP contribution in [0.1, 0.15) is 24.4 Å². The van der Waals surface area contributed by atoms with Crippen molar-refractivity contribution < 1.29 is 32.2 Å². The van der Waals surface area contributed by atoms with Crippen LogP contribution < -0.4 is 15.4 Å². The molecule has 1 aliphatic heterocycles. The van der Waals surface area contributed by atoms with Gasteiger partial charge in [0, 0.05) is 5.69 Å². The number of hydrogen-bond donors (Lipinski definition) is 3. The summed E-state index contributed by atoms with van der Waals surface area (Å²) in [6.07, 6.45) is -4.93. The summed E-state index contributed by atoms with van der Waals surface area (Å²) < 4.78 is 59.5. The van der Waals surface area contributed by atoms with Crippen LogP contribution in [0.3, 0.4) is 0 Å². The number of nitrogens with one attached hydrogen (secondary N) is 2.